The molecule has 5 aromatic carbocycles. The summed E-state index contributed by atoms with van der Waals surface area (Å²) in [6, 6.07) is 40.9. The zero-order valence-corrected chi connectivity index (χ0v) is 25.3. The van der Waals surface area contributed by atoms with Crippen LogP contribution < -0.4 is 5.10 Å². The van der Waals surface area contributed by atoms with Crippen molar-refractivity contribution < 1.29 is 25.5 Å². The number of hydrogen-bond donors (Lipinski definition) is 0. The van der Waals surface area contributed by atoms with Crippen LogP contribution in [0.5, 0.6) is 0 Å². The summed E-state index contributed by atoms with van der Waals surface area (Å²) in [6.07, 6.45) is 3.65. The van der Waals surface area contributed by atoms with Crippen LogP contribution in [0, 0.1) is 26.0 Å². The van der Waals surface area contributed by atoms with Crippen LogP contribution in [0.1, 0.15) is 11.1 Å². The number of fused-ring (bicyclic) bond motifs is 4. The molecule has 0 aliphatic rings. The Bertz CT molecular complexity index is 2130. The first-order chi connectivity index (χ1) is 20.2. The molecule has 0 fully saturated rings. The first-order valence-corrected chi connectivity index (χ1v) is 13.5. The standard InChI is InChI=1S/C27H18N2O.C9H7N2.Pt/c1-16-11-13-19(27-22-8-3-5-9-23(22)28-29-27)17(2)26(16)18-12-14-21-20-7-4-6-10-24(20)30-25(21)15-18;1-2-5-9(6-3-1)11-8-4-7-10-11;/h3-12,14-15H,1-2H3;1-5,7-8H;/q-2;-1;. The Morgan fingerprint density at radius 1 is 0.786 bits per heavy atom. The third kappa shape index (κ3) is 4.97. The van der Waals surface area contributed by atoms with Gasteiger partial charge >= 0.3 is 0 Å². The molecule has 0 aliphatic carbocycles. The molecule has 42 heavy (non-hydrogen) atoms. The second-order valence-electron chi connectivity index (χ2n) is 9.92. The van der Waals surface area contributed by atoms with E-state index in [2.05, 4.69) is 71.6 Å². The molecule has 0 saturated carbocycles. The van der Waals surface area contributed by atoms with Crippen LogP contribution in [0.4, 0.5) is 0 Å². The van der Waals surface area contributed by atoms with Crippen molar-refractivity contribution in [2.75, 3.05) is 0 Å². The Morgan fingerprint density at radius 3 is 2.38 bits per heavy atom. The smallest absolute Gasteiger partial charge is 0.135 e. The van der Waals surface area contributed by atoms with Gasteiger partial charge in [0.25, 0.3) is 0 Å². The topological polar surface area (TPSA) is 58.0 Å². The van der Waals surface area contributed by atoms with E-state index in [1.165, 1.54) is 11.1 Å². The number of para-hydroxylation sites is 2. The van der Waals surface area contributed by atoms with E-state index in [9.17, 15) is 0 Å². The van der Waals surface area contributed by atoms with Gasteiger partial charge in [0.15, 0.2) is 0 Å². The molecule has 3 heterocycles. The third-order valence-corrected chi connectivity index (χ3v) is 7.34. The van der Waals surface area contributed by atoms with E-state index in [1.807, 2.05) is 79.0 Å². The number of aromatic nitrogens is 4. The van der Waals surface area contributed by atoms with Gasteiger partial charge in [0, 0.05) is 49.7 Å². The predicted octanol–water partition coefficient (Wildman–Crippen LogP) is 8.51. The summed E-state index contributed by atoms with van der Waals surface area (Å²) in [7, 11) is 0. The Labute approximate surface area is 258 Å². The average molecular weight is 725 g/mol. The quantitative estimate of drug-likeness (QED) is 0.172. The van der Waals surface area contributed by atoms with Gasteiger partial charge in [0.1, 0.15) is 11.2 Å². The van der Waals surface area contributed by atoms with Crippen LogP contribution in [0.2, 0.25) is 0 Å². The maximum absolute atomic E-state index is 6.12. The summed E-state index contributed by atoms with van der Waals surface area (Å²) < 4.78 is 7.90. The van der Waals surface area contributed by atoms with E-state index in [0.29, 0.717) is 0 Å². The molecule has 8 aromatic rings. The van der Waals surface area contributed by atoms with Gasteiger partial charge in [-0.25, -0.2) is 0 Å². The normalized spacial score (nSPS) is 10.9. The Morgan fingerprint density at radius 2 is 1.57 bits per heavy atom. The average Bonchev–Trinajstić information content (AvgIpc) is 3.77. The van der Waals surface area contributed by atoms with Gasteiger partial charge in [-0.2, -0.15) is 40.6 Å². The molecule has 0 aliphatic heterocycles. The Balaban J connectivity index is 0.000000222. The van der Waals surface area contributed by atoms with Crippen molar-refractivity contribution in [1.82, 2.24) is 20.0 Å². The molecule has 6 heteroatoms. The van der Waals surface area contributed by atoms with Crippen molar-refractivity contribution in [3.8, 4) is 28.1 Å². The molecule has 5 nitrogen and oxygen atoms in total. The summed E-state index contributed by atoms with van der Waals surface area (Å²) >= 11 is 0. The van der Waals surface area contributed by atoms with E-state index in [0.717, 1.165) is 60.9 Å². The first-order valence-electron chi connectivity index (χ1n) is 13.5. The molecule has 0 N–H and O–H groups in total. The zero-order chi connectivity index (χ0) is 27.8. The van der Waals surface area contributed by atoms with E-state index < -0.39 is 0 Å². The number of hydrogen-bond acceptors (Lipinski definition) is 3. The largest absolute Gasteiger partial charge is 0.618 e. The van der Waals surface area contributed by atoms with Crippen LogP contribution in [-0.4, -0.2) is 14.9 Å². The predicted molar refractivity (Wildman–Crippen MR) is 164 cm³/mol. The Kier molecular flexibility index (Phi) is 7.60. The molecule has 0 spiro atoms. The first kappa shape index (κ1) is 27.4. The summed E-state index contributed by atoms with van der Waals surface area (Å²) in [5.41, 5.74) is 10.2. The summed E-state index contributed by atoms with van der Waals surface area (Å²) in [5, 5.41) is 16.2. The monoisotopic (exact) mass is 724 g/mol. The summed E-state index contributed by atoms with van der Waals surface area (Å²) in [6.45, 7) is 4.26. The number of aryl methyl sites for hydroxylation is 1. The van der Waals surface area contributed by atoms with Crippen LogP contribution in [0.25, 0.3) is 60.9 Å². The maximum Gasteiger partial charge on any atom is 0.135 e. The minimum absolute atomic E-state index is 0. The molecule has 0 amide bonds. The van der Waals surface area contributed by atoms with Crippen molar-refractivity contribution in [3.05, 3.63) is 139 Å². The molecule has 8 rings (SSSR count). The van der Waals surface area contributed by atoms with E-state index >= 15 is 0 Å². The van der Waals surface area contributed by atoms with Crippen molar-refractivity contribution in [1.29, 1.82) is 0 Å². The second-order valence-corrected chi connectivity index (χ2v) is 9.92. The van der Waals surface area contributed by atoms with Gasteiger partial charge in [-0.1, -0.05) is 67.3 Å². The fraction of sp³-hybridized carbons (Fsp3) is 0.0556. The number of furan rings is 1. The van der Waals surface area contributed by atoms with Gasteiger partial charge in [-0.05, 0) is 41.6 Å². The van der Waals surface area contributed by atoms with Crippen LogP contribution >= 0.6 is 0 Å². The van der Waals surface area contributed by atoms with Crippen LogP contribution in [-0.2, 0) is 21.1 Å². The zero-order valence-electron chi connectivity index (χ0n) is 23.0. The van der Waals surface area contributed by atoms with Gasteiger partial charge in [-0.15, -0.1) is 29.3 Å². The number of nitrogens with zero attached hydrogens (tertiary/aromatic N) is 4. The van der Waals surface area contributed by atoms with Crippen molar-refractivity contribution in [2.24, 2.45) is 0 Å². The van der Waals surface area contributed by atoms with Crippen LogP contribution in [0.15, 0.2) is 120 Å². The van der Waals surface area contributed by atoms with Gasteiger partial charge < -0.3 is 14.6 Å². The third-order valence-electron chi connectivity index (χ3n) is 7.34. The van der Waals surface area contributed by atoms with E-state index in [1.54, 1.807) is 10.9 Å². The molecule has 3 aromatic heterocycles. The molecule has 208 valence electrons. The van der Waals surface area contributed by atoms with Crippen molar-refractivity contribution in [3.63, 3.8) is 0 Å². The minimum Gasteiger partial charge on any atom is -0.618 e. The van der Waals surface area contributed by atoms with Gasteiger partial charge in [0.2, 0.25) is 0 Å². The molecule has 0 saturated heterocycles. The van der Waals surface area contributed by atoms with Crippen molar-refractivity contribution >= 4 is 32.8 Å². The van der Waals surface area contributed by atoms with E-state index in [-0.39, 0.29) is 21.1 Å². The molecular formula is C36H25N4OPt-3. The summed E-state index contributed by atoms with van der Waals surface area (Å²) in [4.78, 5) is 0. The van der Waals surface area contributed by atoms with Gasteiger partial charge in [0.05, 0.1) is 0 Å². The SMILES string of the molecule is Cc1c[c-]c(-c2[n-]nc3ccccc23)c(C)c1-c1ccc2c(c1)oc1ccccc12.[Pt].[c-]1ccccc1-n1cccn1. The number of rotatable bonds is 3. The van der Waals surface area contributed by atoms with Crippen molar-refractivity contribution in [2.45, 2.75) is 13.8 Å². The fourth-order valence-electron chi connectivity index (χ4n) is 5.39. The second kappa shape index (κ2) is 11.6. The molecule has 0 radical (unpaired) electrons. The van der Waals surface area contributed by atoms with E-state index in [4.69, 9.17) is 4.42 Å². The molecule has 0 unspecified atom stereocenters. The molecular weight excluding hydrogens is 700 g/mol. The molecule has 0 atom stereocenters. The Hall–Kier alpha value is -4.73. The van der Waals surface area contributed by atoms with Gasteiger partial charge in [-0.3, -0.25) is 4.68 Å². The molecule has 0 bridgehead atoms. The fourth-order valence-corrected chi connectivity index (χ4v) is 5.39. The number of benzene rings is 5. The maximum atomic E-state index is 6.12. The summed E-state index contributed by atoms with van der Waals surface area (Å²) in [5.74, 6) is 0. The minimum atomic E-state index is 0. The van der Waals surface area contributed by atoms with Crippen LogP contribution in [0.3, 0.4) is 0 Å².